The summed E-state index contributed by atoms with van der Waals surface area (Å²) in [6.45, 7) is 0.471. The van der Waals surface area contributed by atoms with Gasteiger partial charge in [0.1, 0.15) is 0 Å². The smallest absolute Gasteiger partial charge is 0.303 e. The van der Waals surface area contributed by atoms with Crippen molar-refractivity contribution in [1.29, 1.82) is 0 Å². The zero-order valence-corrected chi connectivity index (χ0v) is 18.2. The lowest BCUT2D eigenvalue weighted by atomic mass is 9.79. The summed E-state index contributed by atoms with van der Waals surface area (Å²) in [5.41, 5.74) is 0. The van der Waals surface area contributed by atoms with Gasteiger partial charge < -0.3 is 5.11 Å². The van der Waals surface area contributed by atoms with Gasteiger partial charge in [0, 0.05) is 16.5 Å². The maximum atomic E-state index is 12.7. The van der Waals surface area contributed by atoms with Crippen LogP contribution < -0.4 is 4.72 Å². The number of sulfonamides is 1. The fourth-order valence-corrected chi connectivity index (χ4v) is 7.04. The molecule has 3 rings (SSSR count). The van der Waals surface area contributed by atoms with Crippen molar-refractivity contribution in [3.63, 3.8) is 0 Å². The molecule has 7 heteroatoms. The van der Waals surface area contributed by atoms with E-state index >= 15 is 0 Å². The molecule has 4 atom stereocenters. The molecule has 0 unspecified atom stereocenters. The monoisotopic (exact) mass is 503 g/mol. The number of allylic oxidation sites excluding steroid dienone is 2. The predicted octanol–water partition coefficient (Wildman–Crippen LogP) is 4.04. The standard InChI is InChI=1S/C20H26INO4S/c21-18-7-4-5-8-19(18)27(25,26)22-13-17-15-11-10-14(12-15)16(17)6-2-1-3-9-20(23)24/h2,4-8,14-17,22H,1,3,9-13H2,(H,23,24)/b6-2-/t14-,15+,16-,17-/m0/s1. The number of unbranched alkanes of at least 4 members (excludes halogenated alkanes) is 1. The molecule has 0 saturated heterocycles. The third kappa shape index (κ3) is 5.12. The summed E-state index contributed by atoms with van der Waals surface area (Å²) < 4.78 is 29.0. The van der Waals surface area contributed by atoms with E-state index in [4.69, 9.17) is 5.11 Å². The molecular weight excluding hydrogens is 477 g/mol. The first-order valence-electron chi connectivity index (χ1n) is 9.51. The first kappa shape index (κ1) is 20.8. The maximum Gasteiger partial charge on any atom is 0.303 e. The van der Waals surface area contributed by atoms with E-state index in [1.807, 2.05) is 6.07 Å². The summed E-state index contributed by atoms with van der Waals surface area (Å²) in [5, 5.41) is 8.72. The van der Waals surface area contributed by atoms with E-state index < -0.39 is 16.0 Å². The lowest BCUT2D eigenvalue weighted by Crippen LogP contribution is -2.35. The molecule has 1 aromatic carbocycles. The van der Waals surface area contributed by atoms with Gasteiger partial charge in [0.05, 0.1) is 4.90 Å². The van der Waals surface area contributed by atoms with Gasteiger partial charge in [0.25, 0.3) is 0 Å². The van der Waals surface area contributed by atoms with Crippen molar-refractivity contribution >= 4 is 38.6 Å². The summed E-state index contributed by atoms with van der Waals surface area (Å²) >= 11 is 2.05. The van der Waals surface area contributed by atoms with Crippen molar-refractivity contribution in [2.45, 2.75) is 43.4 Å². The number of carbonyl (C=O) groups is 1. The molecule has 0 radical (unpaired) electrons. The Hall–Kier alpha value is -0.930. The number of carboxylic acids is 1. The molecule has 148 valence electrons. The lowest BCUT2D eigenvalue weighted by Gasteiger charge is -2.29. The van der Waals surface area contributed by atoms with Crippen molar-refractivity contribution < 1.29 is 18.3 Å². The van der Waals surface area contributed by atoms with E-state index in [0.717, 1.165) is 9.99 Å². The van der Waals surface area contributed by atoms with E-state index in [1.165, 1.54) is 19.3 Å². The first-order chi connectivity index (χ1) is 12.9. The normalized spacial score (nSPS) is 27.4. The largest absolute Gasteiger partial charge is 0.481 e. The highest BCUT2D eigenvalue weighted by atomic mass is 127. The fourth-order valence-electron chi connectivity index (χ4n) is 4.63. The average molecular weight is 503 g/mol. The molecule has 2 aliphatic rings. The summed E-state index contributed by atoms with van der Waals surface area (Å²) in [6.07, 6.45) is 9.50. The number of nitrogens with one attached hydrogen (secondary N) is 1. The van der Waals surface area contributed by atoms with E-state index in [9.17, 15) is 13.2 Å². The third-order valence-corrected chi connectivity index (χ3v) is 8.70. The van der Waals surface area contributed by atoms with Crippen molar-refractivity contribution in [3.05, 3.63) is 40.0 Å². The van der Waals surface area contributed by atoms with Gasteiger partial charge in [-0.25, -0.2) is 13.1 Å². The van der Waals surface area contributed by atoms with Crippen LogP contribution in [0.3, 0.4) is 0 Å². The van der Waals surface area contributed by atoms with Gasteiger partial charge in [-0.15, -0.1) is 0 Å². The highest BCUT2D eigenvalue weighted by Gasteiger charge is 2.46. The number of benzene rings is 1. The van der Waals surface area contributed by atoms with Crippen LogP contribution in [-0.2, 0) is 14.8 Å². The minimum absolute atomic E-state index is 0.194. The quantitative estimate of drug-likeness (QED) is 0.303. The van der Waals surface area contributed by atoms with Crippen LogP contribution in [0.1, 0.15) is 38.5 Å². The highest BCUT2D eigenvalue weighted by molar-refractivity contribution is 14.1. The van der Waals surface area contributed by atoms with Crippen LogP contribution in [0.15, 0.2) is 41.3 Å². The van der Waals surface area contributed by atoms with Gasteiger partial charge in [0.15, 0.2) is 0 Å². The zero-order valence-electron chi connectivity index (χ0n) is 15.2. The molecule has 27 heavy (non-hydrogen) atoms. The Morgan fingerprint density at radius 3 is 2.74 bits per heavy atom. The number of aliphatic carboxylic acids is 1. The van der Waals surface area contributed by atoms with Gasteiger partial charge in [-0.1, -0.05) is 24.3 Å². The fraction of sp³-hybridized carbons (Fsp3) is 0.550. The Balaban J connectivity index is 1.61. The Morgan fingerprint density at radius 1 is 1.26 bits per heavy atom. The average Bonchev–Trinajstić information content (AvgIpc) is 3.21. The molecule has 2 bridgehead atoms. The summed E-state index contributed by atoms with van der Waals surface area (Å²) in [4.78, 5) is 10.9. The van der Waals surface area contributed by atoms with Crippen LogP contribution in [0.5, 0.6) is 0 Å². The van der Waals surface area contributed by atoms with Crippen molar-refractivity contribution in [3.8, 4) is 0 Å². The SMILES string of the molecule is O=C(O)CCC/C=C\[C@H]1[C@H]2CC[C@H](C2)[C@@H]1CNS(=O)(=O)c1ccccc1I. The molecular formula is C20H26INO4S. The first-order valence-corrected chi connectivity index (χ1v) is 12.1. The van der Waals surface area contributed by atoms with Crippen molar-refractivity contribution in [2.24, 2.45) is 23.7 Å². The molecule has 0 heterocycles. The molecule has 0 spiro atoms. The summed E-state index contributed by atoms with van der Waals surface area (Å²) in [5.74, 6) is 1.19. The molecule has 2 N–H and O–H groups in total. The van der Waals surface area contributed by atoms with Crippen LogP contribution in [-0.4, -0.2) is 26.0 Å². The number of hydrogen-bond donors (Lipinski definition) is 2. The molecule has 0 aromatic heterocycles. The van der Waals surface area contributed by atoms with Gasteiger partial charge in [-0.05, 0) is 90.5 Å². The second-order valence-electron chi connectivity index (χ2n) is 7.57. The van der Waals surface area contributed by atoms with Gasteiger partial charge in [0.2, 0.25) is 10.0 Å². The topological polar surface area (TPSA) is 83.5 Å². The Kier molecular flexibility index (Phi) is 6.97. The van der Waals surface area contributed by atoms with E-state index in [2.05, 4.69) is 39.5 Å². The third-order valence-electron chi connectivity index (χ3n) is 5.91. The molecule has 5 nitrogen and oxygen atoms in total. The zero-order chi connectivity index (χ0) is 19.4. The number of hydrogen-bond acceptors (Lipinski definition) is 3. The molecule has 2 fully saturated rings. The number of halogens is 1. The van der Waals surface area contributed by atoms with E-state index in [-0.39, 0.29) is 6.42 Å². The molecule has 2 saturated carbocycles. The molecule has 0 amide bonds. The minimum atomic E-state index is -3.50. The Morgan fingerprint density at radius 2 is 2.00 bits per heavy atom. The number of carboxylic acid groups (broad SMARTS) is 1. The van der Waals surface area contributed by atoms with Crippen LogP contribution in [0, 0.1) is 27.2 Å². The number of fused-ring (bicyclic) bond motifs is 2. The lowest BCUT2D eigenvalue weighted by molar-refractivity contribution is -0.137. The van der Waals surface area contributed by atoms with Crippen LogP contribution in [0.2, 0.25) is 0 Å². The minimum Gasteiger partial charge on any atom is -0.481 e. The number of rotatable bonds is 9. The summed E-state index contributed by atoms with van der Waals surface area (Å²) in [7, 11) is -3.50. The second kappa shape index (κ2) is 9.05. The highest BCUT2D eigenvalue weighted by Crippen LogP contribution is 2.52. The molecule has 1 aromatic rings. The molecule has 0 aliphatic heterocycles. The van der Waals surface area contributed by atoms with Crippen LogP contribution >= 0.6 is 22.6 Å². The molecule has 2 aliphatic carbocycles. The van der Waals surface area contributed by atoms with Crippen LogP contribution in [0.25, 0.3) is 0 Å². The van der Waals surface area contributed by atoms with Gasteiger partial charge in [-0.2, -0.15) is 0 Å². The van der Waals surface area contributed by atoms with Crippen molar-refractivity contribution in [2.75, 3.05) is 6.54 Å². The van der Waals surface area contributed by atoms with E-state index in [0.29, 0.717) is 41.5 Å². The van der Waals surface area contributed by atoms with Gasteiger partial charge >= 0.3 is 5.97 Å². The maximum absolute atomic E-state index is 12.7. The Labute approximate surface area is 174 Å². The summed E-state index contributed by atoms with van der Waals surface area (Å²) in [6, 6.07) is 7.03. The van der Waals surface area contributed by atoms with Crippen LogP contribution in [0.4, 0.5) is 0 Å². The van der Waals surface area contributed by atoms with E-state index in [1.54, 1.807) is 18.2 Å². The van der Waals surface area contributed by atoms with Gasteiger partial charge in [-0.3, -0.25) is 4.79 Å². The van der Waals surface area contributed by atoms with Crippen molar-refractivity contribution in [1.82, 2.24) is 4.72 Å². The second-order valence-corrected chi connectivity index (χ2v) is 10.5. The predicted molar refractivity (Wildman–Crippen MR) is 113 cm³/mol. The Bertz CT molecular complexity index is 808.